The highest BCUT2D eigenvalue weighted by Crippen LogP contribution is 2.22. The van der Waals surface area contributed by atoms with E-state index in [0.717, 1.165) is 22.1 Å². The number of ether oxygens (including phenoxy) is 2. The second-order valence-corrected chi connectivity index (χ2v) is 9.12. The van der Waals surface area contributed by atoms with Crippen LogP contribution < -0.4 is 14.2 Å². The molecule has 7 nitrogen and oxygen atoms in total. The predicted molar refractivity (Wildman–Crippen MR) is 124 cm³/mol. The van der Waals surface area contributed by atoms with Crippen molar-refractivity contribution in [2.75, 3.05) is 27.3 Å². The lowest BCUT2D eigenvalue weighted by Crippen LogP contribution is -2.31. The van der Waals surface area contributed by atoms with Crippen LogP contribution in [0, 0.1) is 0 Å². The Bertz CT molecular complexity index is 1180. The summed E-state index contributed by atoms with van der Waals surface area (Å²) in [6, 6.07) is 18.0. The maximum atomic E-state index is 12.5. The summed E-state index contributed by atoms with van der Waals surface area (Å²) in [6.45, 7) is 2.83. The molecule has 0 aliphatic carbocycles. The van der Waals surface area contributed by atoms with Crippen LogP contribution in [0.5, 0.6) is 11.5 Å². The summed E-state index contributed by atoms with van der Waals surface area (Å²) < 4.78 is 37.9. The Hall–Kier alpha value is -3.10. The Labute approximate surface area is 189 Å². The summed E-state index contributed by atoms with van der Waals surface area (Å²) in [7, 11) is -0.346. The molecule has 0 radical (unpaired) electrons. The van der Waals surface area contributed by atoms with Crippen LogP contribution in [0.4, 0.5) is 0 Å². The Kier molecular flexibility index (Phi) is 7.71. The summed E-state index contributed by atoms with van der Waals surface area (Å²) >= 11 is 0. The third-order valence-electron chi connectivity index (χ3n) is 5.03. The minimum absolute atomic E-state index is 0.0240. The molecule has 0 aromatic heterocycles. The second-order valence-electron chi connectivity index (χ2n) is 7.35. The number of nitrogens with one attached hydrogen (secondary N) is 1. The summed E-state index contributed by atoms with van der Waals surface area (Å²) in [5.74, 6) is 1.26. The first-order chi connectivity index (χ1) is 15.3. The molecule has 0 aliphatic heterocycles. The molecular formula is C24H28N2O5S. The van der Waals surface area contributed by atoms with Crippen LogP contribution in [-0.4, -0.2) is 46.5 Å². The van der Waals surface area contributed by atoms with E-state index >= 15 is 0 Å². The highest BCUT2D eigenvalue weighted by atomic mass is 32.2. The Balaban J connectivity index is 1.53. The molecule has 3 aromatic carbocycles. The summed E-state index contributed by atoms with van der Waals surface area (Å²) in [5, 5.41) is 2.12. The van der Waals surface area contributed by atoms with Gasteiger partial charge in [-0.2, -0.15) is 0 Å². The van der Waals surface area contributed by atoms with E-state index in [2.05, 4.69) is 4.72 Å². The van der Waals surface area contributed by atoms with E-state index in [0.29, 0.717) is 18.9 Å². The maximum Gasteiger partial charge on any atom is 0.240 e. The van der Waals surface area contributed by atoms with Crippen molar-refractivity contribution >= 4 is 26.7 Å². The van der Waals surface area contributed by atoms with Crippen molar-refractivity contribution in [3.63, 3.8) is 0 Å². The molecule has 0 saturated carbocycles. The fourth-order valence-electron chi connectivity index (χ4n) is 3.31. The Morgan fingerprint density at radius 3 is 2.31 bits per heavy atom. The normalized spacial score (nSPS) is 11.3. The molecule has 3 aromatic rings. The number of nitrogens with zero attached hydrogens (tertiary/aromatic N) is 1. The first-order valence-electron chi connectivity index (χ1n) is 10.4. The average molecular weight is 457 g/mol. The monoisotopic (exact) mass is 456 g/mol. The summed E-state index contributed by atoms with van der Waals surface area (Å²) in [4.78, 5) is 14.2. The molecule has 0 spiro atoms. The fourth-order valence-corrected chi connectivity index (χ4v) is 4.34. The van der Waals surface area contributed by atoms with Crippen molar-refractivity contribution in [1.29, 1.82) is 0 Å². The van der Waals surface area contributed by atoms with Gasteiger partial charge in [-0.05, 0) is 65.7 Å². The molecular weight excluding hydrogens is 428 g/mol. The van der Waals surface area contributed by atoms with Gasteiger partial charge in [0.2, 0.25) is 15.9 Å². The molecule has 0 fully saturated rings. The number of methoxy groups -OCH3 is 1. The van der Waals surface area contributed by atoms with Crippen LogP contribution in [-0.2, 0) is 21.4 Å². The number of carbonyl (C=O) groups is 1. The van der Waals surface area contributed by atoms with Gasteiger partial charge in [0.25, 0.3) is 0 Å². The molecule has 8 heteroatoms. The van der Waals surface area contributed by atoms with Crippen molar-refractivity contribution in [2.24, 2.45) is 0 Å². The number of sulfonamides is 1. The van der Waals surface area contributed by atoms with Gasteiger partial charge >= 0.3 is 0 Å². The molecule has 170 valence electrons. The molecule has 0 heterocycles. The van der Waals surface area contributed by atoms with Crippen molar-refractivity contribution in [1.82, 2.24) is 9.62 Å². The lowest BCUT2D eigenvalue weighted by Gasteiger charge is -2.18. The van der Waals surface area contributed by atoms with Crippen molar-refractivity contribution in [3.05, 3.63) is 66.2 Å². The zero-order valence-electron chi connectivity index (χ0n) is 18.5. The molecule has 0 atom stereocenters. The van der Waals surface area contributed by atoms with Crippen LogP contribution in [0.3, 0.4) is 0 Å². The highest BCUT2D eigenvalue weighted by Gasteiger charge is 2.16. The number of rotatable bonds is 10. The zero-order chi connectivity index (χ0) is 23.1. The molecule has 0 saturated heterocycles. The van der Waals surface area contributed by atoms with Gasteiger partial charge < -0.3 is 14.4 Å². The average Bonchev–Trinajstić information content (AvgIpc) is 2.79. The maximum absolute atomic E-state index is 12.5. The first-order valence-corrected chi connectivity index (χ1v) is 11.8. The van der Waals surface area contributed by atoms with Crippen LogP contribution in [0.1, 0.15) is 18.9 Å². The van der Waals surface area contributed by atoms with Crippen molar-refractivity contribution in [2.45, 2.75) is 24.8 Å². The molecule has 1 N–H and O–H groups in total. The minimum atomic E-state index is -3.69. The Morgan fingerprint density at radius 2 is 1.62 bits per heavy atom. The molecule has 0 aliphatic rings. The molecule has 32 heavy (non-hydrogen) atoms. The SMILES string of the molecule is CCOc1ccc(S(=O)(=O)NCCC(=O)N(C)Cc2ccc3cc(OC)ccc3c2)cc1. The summed E-state index contributed by atoms with van der Waals surface area (Å²) in [5.41, 5.74) is 0.994. The third-order valence-corrected chi connectivity index (χ3v) is 6.51. The van der Waals surface area contributed by atoms with Gasteiger partial charge in [-0.25, -0.2) is 13.1 Å². The lowest BCUT2D eigenvalue weighted by atomic mass is 10.1. The first kappa shape index (κ1) is 23.6. The smallest absolute Gasteiger partial charge is 0.240 e. The zero-order valence-corrected chi connectivity index (χ0v) is 19.3. The number of hydrogen-bond acceptors (Lipinski definition) is 5. The lowest BCUT2D eigenvalue weighted by molar-refractivity contribution is -0.130. The minimum Gasteiger partial charge on any atom is -0.497 e. The standard InChI is InChI=1S/C24H28N2O5S/c1-4-31-21-9-11-23(12-10-21)32(28,29)25-14-13-24(27)26(2)17-18-5-6-20-16-22(30-3)8-7-19(20)15-18/h5-12,15-16,25H,4,13-14,17H2,1-3H3. The second kappa shape index (κ2) is 10.5. The van der Waals surface area contributed by atoms with E-state index in [9.17, 15) is 13.2 Å². The van der Waals surface area contributed by atoms with Gasteiger partial charge in [-0.15, -0.1) is 0 Å². The van der Waals surface area contributed by atoms with Crippen LogP contribution in [0.2, 0.25) is 0 Å². The Morgan fingerprint density at radius 1 is 0.969 bits per heavy atom. The molecule has 0 bridgehead atoms. The quantitative estimate of drug-likeness (QED) is 0.504. The van der Waals surface area contributed by atoms with E-state index in [-0.39, 0.29) is 23.8 Å². The third kappa shape index (κ3) is 5.99. The van der Waals surface area contributed by atoms with Gasteiger partial charge in [0.05, 0.1) is 18.6 Å². The van der Waals surface area contributed by atoms with Gasteiger partial charge in [-0.1, -0.05) is 18.2 Å². The topological polar surface area (TPSA) is 84.9 Å². The largest absolute Gasteiger partial charge is 0.497 e. The van der Waals surface area contributed by atoms with Gasteiger partial charge in [0, 0.05) is 26.6 Å². The number of fused-ring (bicyclic) bond motifs is 1. The van der Waals surface area contributed by atoms with E-state index in [1.807, 2.05) is 43.3 Å². The number of hydrogen-bond donors (Lipinski definition) is 1. The number of benzene rings is 3. The number of carbonyl (C=O) groups excluding carboxylic acids is 1. The van der Waals surface area contributed by atoms with E-state index in [1.54, 1.807) is 31.2 Å². The van der Waals surface area contributed by atoms with E-state index in [4.69, 9.17) is 9.47 Å². The molecule has 3 rings (SSSR count). The van der Waals surface area contributed by atoms with Crippen molar-refractivity contribution in [3.8, 4) is 11.5 Å². The van der Waals surface area contributed by atoms with Crippen LogP contribution in [0.15, 0.2) is 65.6 Å². The number of amides is 1. The van der Waals surface area contributed by atoms with Crippen LogP contribution >= 0.6 is 0 Å². The van der Waals surface area contributed by atoms with E-state index in [1.165, 1.54) is 12.1 Å². The van der Waals surface area contributed by atoms with Crippen molar-refractivity contribution < 1.29 is 22.7 Å². The summed E-state index contributed by atoms with van der Waals surface area (Å²) in [6.07, 6.45) is 0.0670. The molecule has 0 unspecified atom stereocenters. The van der Waals surface area contributed by atoms with Gasteiger partial charge in [-0.3, -0.25) is 4.79 Å². The van der Waals surface area contributed by atoms with Gasteiger partial charge in [0.1, 0.15) is 11.5 Å². The molecule has 1 amide bonds. The van der Waals surface area contributed by atoms with Gasteiger partial charge in [0.15, 0.2) is 0 Å². The predicted octanol–water partition coefficient (Wildman–Crippen LogP) is 3.57. The van der Waals surface area contributed by atoms with E-state index < -0.39 is 10.0 Å². The van der Waals surface area contributed by atoms with Crippen LogP contribution in [0.25, 0.3) is 10.8 Å². The highest BCUT2D eigenvalue weighted by molar-refractivity contribution is 7.89. The fraction of sp³-hybridized carbons (Fsp3) is 0.292.